The van der Waals surface area contributed by atoms with Crippen LogP contribution in [0.4, 0.5) is 5.82 Å². The van der Waals surface area contributed by atoms with Crippen molar-refractivity contribution in [1.82, 2.24) is 15.2 Å². The van der Waals surface area contributed by atoms with E-state index in [-0.39, 0.29) is 5.54 Å². The van der Waals surface area contributed by atoms with E-state index >= 15 is 0 Å². The first-order valence-corrected chi connectivity index (χ1v) is 8.16. The van der Waals surface area contributed by atoms with E-state index in [2.05, 4.69) is 53.9 Å². The van der Waals surface area contributed by atoms with E-state index in [9.17, 15) is 0 Å². The van der Waals surface area contributed by atoms with Gasteiger partial charge in [0, 0.05) is 50.0 Å². The molecule has 21 heavy (non-hydrogen) atoms. The van der Waals surface area contributed by atoms with Gasteiger partial charge in [-0.1, -0.05) is 13.0 Å². The van der Waals surface area contributed by atoms with Gasteiger partial charge < -0.3 is 10.2 Å². The van der Waals surface area contributed by atoms with Gasteiger partial charge in [-0.3, -0.25) is 4.90 Å². The van der Waals surface area contributed by atoms with Crippen molar-refractivity contribution in [3.8, 4) is 0 Å². The molecule has 0 atom stereocenters. The number of anilines is 1. The Kier molecular flexibility index (Phi) is 5.59. The van der Waals surface area contributed by atoms with Crippen molar-refractivity contribution in [2.45, 2.75) is 46.2 Å². The topological polar surface area (TPSA) is 31.4 Å². The van der Waals surface area contributed by atoms with Crippen LogP contribution in [0.5, 0.6) is 0 Å². The highest BCUT2D eigenvalue weighted by Crippen LogP contribution is 2.19. The fourth-order valence-corrected chi connectivity index (χ4v) is 2.71. The second-order valence-corrected chi connectivity index (χ2v) is 6.92. The van der Waals surface area contributed by atoms with Crippen LogP contribution >= 0.6 is 0 Å². The van der Waals surface area contributed by atoms with Gasteiger partial charge in [0.1, 0.15) is 5.82 Å². The Balaban J connectivity index is 2.00. The summed E-state index contributed by atoms with van der Waals surface area (Å²) in [4.78, 5) is 9.63. The Labute approximate surface area is 129 Å². The van der Waals surface area contributed by atoms with E-state index in [1.165, 1.54) is 18.5 Å². The van der Waals surface area contributed by atoms with Crippen molar-refractivity contribution >= 4 is 5.82 Å². The third-order valence-corrected chi connectivity index (χ3v) is 3.89. The lowest BCUT2D eigenvalue weighted by molar-refractivity contribution is 0.257. The molecule has 0 aliphatic carbocycles. The molecule has 118 valence electrons. The second-order valence-electron chi connectivity index (χ2n) is 6.92. The highest BCUT2D eigenvalue weighted by atomic mass is 15.3. The van der Waals surface area contributed by atoms with Gasteiger partial charge >= 0.3 is 0 Å². The van der Waals surface area contributed by atoms with Crippen molar-refractivity contribution in [2.75, 3.05) is 37.6 Å². The molecule has 1 aliphatic rings. The average molecular weight is 290 g/mol. The number of hydrogen-bond donors (Lipinski definition) is 1. The maximum atomic E-state index is 4.64. The zero-order chi connectivity index (χ0) is 15.3. The molecule has 0 amide bonds. The summed E-state index contributed by atoms with van der Waals surface area (Å²) in [5.74, 6) is 1.16. The standard InChI is InChI=1S/C17H30N4/c1-5-9-20-10-12-21(13-11-20)16-15(7-6-8-18-16)14-19-17(2,3)4/h6-8,19H,5,9-14H2,1-4H3. The number of hydrogen-bond acceptors (Lipinski definition) is 4. The van der Waals surface area contributed by atoms with Gasteiger partial charge in [-0.05, 0) is 39.8 Å². The molecular weight excluding hydrogens is 260 g/mol. The molecule has 1 saturated heterocycles. The number of pyridine rings is 1. The van der Waals surface area contributed by atoms with E-state index in [1.54, 1.807) is 0 Å². The summed E-state index contributed by atoms with van der Waals surface area (Å²) in [7, 11) is 0. The van der Waals surface area contributed by atoms with Crippen LogP contribution in [0.3, 0.4) is 0 Å². The van der Waals surface area contributed by atoms with Gasteiger partial charge in [0.2, 0.25) is 0 Å². The Morgan fingerprint density at radius 2 is 1.90 bits per heavy atom. The molecule has 1 fully saturated rings. The number of piperazine rings is 1. The highest BCUT2D eigenvalue weighted by molar-refractivity contribution is 5.47. The summed E-state index contributed by atoms with van der Waals surface area (Å²) < 4.78 is 0. The van der Waals surface area contributed by atoms with Crippen LogP contribution in [0.1, 0.15) is 39.7 Å². The van der Waals surface area contributed by atoms with Crippen molar-refractivity contribution in [3.63, 3.8) is 0 Å². The summed E-state index contributed by atoms with van der Waals surface area (Å²) in [6.45, 7) is 15.4. The normalized spacial score (nSPS) is 17.2. The molecule has 0 unspecified atom stereocenters. The molecule has 4 nitrogen and oxygen atoms in total. The van der Waals surface area contributed by atoms with E-state index in [1.807, 2.05) is 12.3 Å². The predicted octanol–water partition coefficient (Wildman–Crippen LogP) is 2.50. The first kappa shape index (κ1) is 16.2. The van der Waals surface area contributed by atoms with E-state index in [4.69, 9.17) is 0 Å². The van der Waals surface area contributed by atoms with Gasteiger partial charge in [-0.2, -0.15) is 0 Å². The maximum Gasteiger partial charge on any atom is 0.133 e. The molecule has 0 aromatic carbocycles. The van der Waals surface area contributed by atoms with Crippen LogP contribution in [0.2, 0.25) is 0 Å². The smallest absolute Gasteiger partial charge is 0.133 e. The molecular formula is C17H30N4. The molecule has 1 aromatic heterocycles. The number of rotatable bonds is 5. The summed E-state index contributed by atoms with van der Waals surface area (Å²) in [5, 5.41) is 3.57. The molecule has 0 spiro atoms. The summed E-state index contributed by atoms with van der Waals surface area (Å²) in [6, 6.07) is 4.23. The minimum absolute atomic E-state index is 0.132. The predicted molar refractivity (Wildman–Crippen MR) is 89.8 cm³/mol. The minimum atomic E-state index is 0.132. The Bertz CT molecular complexity index is 431. The largest absolute Gasteiger partial charge is 0.354 e. The summed E-state index contributed by atoms with van der Waals surface area (Å²) >= 11 is 0. The van der Waals surface area contributed by atoms with E-state index in [0.29, 0.717) is 0 Å². The van der Waals surface area contributed by atoms with Crippen LogP contribution in [0.25, 0.3) is 0 Å². The Morgan fingerprint density at radius 3 is 2.52 bits per heavy atom. The first-order valence-electron chi connectivity index (χ1n) is 8.16. The molecule has 1 aromatic rings. The molecule has 4 heteroatoms. The lowest BCUT2D eigenvalue weighted by Gasteiger charge is -2.36. The number of nitrogens with one attached hydrogen (secondary N) is 1. The molecule has 2 heterocycles. The first-order chi connectivity index (χ1) is 9.99. The van der Waals surface area contributed by atoms with Crippen LogP contribution in [0, 0.1) is 0 Å². The van der Waals surface area contributed by atoms with E-state index in [0.717, 1.165) is 38.5 Å². The second kappa shape index (κ2) is 7.23. The fraction of sp³-hybridized carbons (Fsp3) is 0.706. The lowest BCUT2D eigenvalue weighted by Crippen LogP contribution is -2.47. The van der Waals surface area contributed by atoms with Gasteiger partial charge in [0.25, 0.3) is 0 Å². The monoisotopic (exact) mass is 290 g/mol. The van der Waals surface area contributed by atoms with Gasteiger partial charge in [0.15, 0.2) is 0 Å². The third kappa shape index (κ3) is 4.97. The quantitative estimate of drug-likeness (QED) is 0.903. The van der Waals surface area contributed by atoms with Gasteiger partial charge in [-0.15, -0.1) is 0 Å². The fourth-order valence-electron chi connectivity index (χ4n) is 2.71. The van der Waals surface area contributed by atoms with Crippen molar-refractivity contribution < 1.29 is 0 Å². The summed E-state index contributed by atoms with van der Waals surface area (Å²) in [6.07, 6.45) is 3.15. The zero-order valence-electron chi connectivity index (χ0n) is 14.0. The summed E-state index contributed by atoms with van der Waals surface area (Å²) in [5.41, 5.74) is 1.43. The van der Waals surface area contributed by atoms with E-state index < -0.39 is 0 Å². The SMILES string of the molecule is CCCN1CCN(c2ncccc2CNC(C)(C)C)CC1. The van der Waals surface area contributed by atoms with Crippen molar-refractivity contribution in [1.29, 1.82) is 0 Å². The zero-order valence-corrected chi connectivity index (χ0v) is 14.0. The minimum Gasteiger partial charge on any atom is -0.354 e. The average Bonchev–Trinajstić information content (AvgIpc) is 2.46. The molecule has 1 aliphatic heterocycles. The lowest BCUT2D eigenvalue weighted by atomic mass is 10.1. The van der Waals surface area contributed by atoms with Crippen LogP contribution in [-0.4, -0.2) is 48.1 Å². The van der Waals surface area contributed by atoms with Crippen LogP contribution in [-0.2, 0) is 6.54 Å². The Morgan fingerprint density at radius 1 is 1.19 bits per heavy atom. The molecule has 0 saturated carbocycles. The third-order valence-electron chi connectivity index (χ3n) is 3.89. The number of nitrogens with zero attached hydrogens (tertiary/aromatic N) is 3. The Hall–Kier alpha value is -1.13. The van der Waals surface area contributed by atoms with Gasteiger partial charge in [-0.25, -0.2) is 4.98 Å². The molecule has 2 rings (SSSR count). The molecule has 0 radical (unpaired) electrons. The maximum absolute atomic E-state index is 4.64. The van der Waals surface area contributed by atoms with Crippen LogP contribution in [0.15, 0.2) is 18.3 Å². The highest BCUT2D eigenvalue weighted by Gasteiger charge is 2.20. The molecule has 0 bridgehead atoms. The van der Waals surface area contributed by atoms with Crippen molar-refractivity contribution in [3.05, 3.63) is 23.9 Å². The van der Waals surface area contributed by atoms with Crippen molar-refractivity contribution in [2.24, 2.45) is 0 Å². The molecule has 1 N–H and O–H groups in total. The van der Waals surface area contributed by atoms with Crippen LogP contribution < -0.4 is 10.2 Å². The van der Waals surface area contributed by atoms with Gasteiger partial charge in [0.05, 0.1) is 0 Å². The number of aromatic nitrogens is 1.